The summed E-state index contributed by atoms with van der Waals surface area (Å²) in [6.45, 7) is 2.21. The van der Waals surface area contributed by atoms with Gasteiger partial charge in [0.25, 0.3) is 0 Å². The summed E-state index contributed by atoms with van der Waals surface area (Å²) < 4.78 is 0. The Kier molecular flexibility index (Phi) is 5.62. The molecule has 0 atom stereocenters. The van der Waals surface area contributed by atoms with Gasteiger partial charge in [0.05, 0.1) is 5.56 Å². The number of unbranched alkanes of at least 4 members (excludes halogenated alkanes) is 4. The highest BCUT2D eigenvalue weighted by molar-refractivity contribution is 5.87. The minimum absolute atomic E-state index is 0.259. The van der Waals surface area contributed by atoms with Crippen molar-refractivity contribution in [3.63, 3.8) is 0 Å². The van der Waals surface area contributed by atoms with Crippen LogP contribution in [-0.2, 0) is 11.5 Å². The molecule has 87 valence electrons. The summed E-state index contributed by atoms with van der Waals surface area (Å²) >= 11 is 0. The minimum atomic E-state index is -1.10. The molecule has 1 aromatic rings. The van der Waals surface area contributed by atoms with E-state index in [0.29, 0.717) is 0 Å². The second kappa shape index (κ2) is 7.04. The summed E-state index contributed by atoms with van der Waals surface area (Å²) in [5.41, 5.74) is 1.47. The van der Waals surface area contributed by atoms with E-state index < -0.39 is 5.97 Å². The second-order valence-electron chi connectivity index (χ2n) is 4.15. The van der Waals surface area contributed by atoms with Crippen LogP contribution in [0.25, 0.3) is 0 Å². The van der Waals surface area contributed by atoms with Gasteiger partial charge in [0, 0.05) is 0 Å². The molecule has 0 saturated heterocycles. The van der Waals surface area contributed by atoms with Crippen molar-refractivity contribution in [3.05, 3.63) is 35.4 Å². The van der Waals surface area contributed by atoms with Gasteiger partial charge in [0.15, 0.2) is 0 Å². The molecular formula is C14H19O2. The highest BCUT2D eigenvalue weighted by Gasteiger charge is 2.03. The third-order valence-electron chi connectivity index (χ3n) is 2.76. The number of rotatable bonds is 7. The van der Waals surface area contributed by atoms with E-state index in [9.17, 15) is 9.90 Å². The highest BCUT2D eigenvalue weighted by Crippen LogP contribution is 2.10. The molecule has 0 heterocycles. The number of aryl methyl sites for hydroxylation is 1. The van der Waals surface area contributed by atoms with Crippen molar-refractivity contribution in [2.45, 2.75) is 45.4 Å². The lowest BCUT2D eigenvalue weighted by molar-refractivity contribution is 0.0573. The van der Waals surface area contributed by atoms with Crippen LogP contribution in [-0.4, -0.2) is 5.97 Å². The first-order chi connectivity index (χ1) is 7.74. The van der Waals surface area contributed by atoms with Gasteiger partial charge in [-0.15, -0.1) is 0 Å². The van der Waals surface area contributed by atoms with E-state index in [1.165, 1.54) is 37.7 Å². The molecule has 0 N–H and O–H groups in total. The molecule has 0 aliphatic carbocycles. The van der Waals surface area contributed by atoms with Gasteiger partial charge in [-0.1, -0.05) is 44.7 Å². The Hall–Kier alpha value is -1.31. The third-order valence-corrected chi connectivity index (χ3v) is 2.76. The molecule has 0 spiro atoms. The lowest BCUT2D eigenvalue weighted by Gasteiger charge is -2.01. The Balaban J connectivity index is 2.29. The molecule has 0 aliphatic heterocycles. The predicted molar refractivity (Wildman–Crippen MR) is 63.9 cm³/mol. The molecule has 2 nitrogen and oxygen atoms in total. The van der Waals surface area contributed by atoms with Gasteiger partial charge in [-0.3, -0.25) is 0 Å². The molecule has 0 saturated carbocycles. The Labute approximate surface area is 97.3 Å². The van der Waals surface area contributed by atoms with Gasteiger partial charge in [0.2, 0.25) is 0 Å². The summed E-state index contributed by atoms with van der Waals surface area (Å²) in [5, 5.41) is 10.5. The van der Waals surface area contributed by atoms with Crippen LogP contribution in [0, 0.1) is 0 Å². The summed E-state index contributed by atoms with van der Waals surface area (Å²) in [5.74, 6) is -1.10. The average Bonchev–Trinajstić information content (AvgIpc) is 2.29. The van der Waals surface area contributed by atoms with Crippen LogP contribution < -0.4 is 0 Å². The molecule has 1 radical (unpaired) electrons. The van der Waals surface area contributed by atoms with Crippen molar-refractivity contribution in [2.75, 3.05) is 0 Å². The molecule has 0 aromatic heterocycles. The lowest BCUT2D eigenvalue weighted by Crippen LogP contribution is -1.94. The van der Waals surface area contributed by atoms with Crippen molar-refractivity contribution < 1.29 is 9.90 Å². The quantitative estimate of drug-likeness (QED) is 0.643. The van der Waals surface area contributed by atoms with E-state index in [0.717, 1.165) is 6.42 Å². The first-order valence-corrected chi connectivity index (χ1v) is 6.04. The van der Waals surface area contributed by atoms with E-state index in [-0.39, 0.29) is 5.56 Å². The molecule has 0 bridgehead atoms. The molecular weight excluding hydrogens is 200 g/mol. The van der Waals surface area contributed by atoms with Gasteiger partial charge in [0.1, 0.15) is 0 Å². The van der Waals surface area contributed by atoms with Crippen LogP contribution in [0.4, 0.5) is 0 Å². The number of hydrogen-bond acceptors (Lipinski definition) is 1. The molecule has 2 heteroatoms. The number of carbonyl (C=O) groups is 1. The fourth-order valence-electron chi connectivity index (χ4n) is 1.74. The zero-order valence-corrected chi connectivity index (χ0v) is 9.87. The zero-order valence-electron chi connectivity index (χ0n) is 9.87. The fourth-order valence-corrected chi connectivity index (χ4v) is 1.74. The normalized spacial score (nSPS) is 10.3. The van der Waals surface area contributed by atoms with Gasteiger partial charge in [-0.2, -0.15) is 0 Å². The van der Waals surface area contributed by atoms with E-state index in [2.05, 4.69) is 6.92 Å². The maximum absolute atomic E-state index is 10.5. The van der Waals surface area contributed by atoms with Crippen LogP contribution in [0.3, 0.4) is 0 Å². The highest BCUT2D eigenvalue weighted by atomic mass is 16.4. The van der Waals surface area contributed by atoms with Crippen molar-refractivity contribution >= 4 is 5.97 Å². The van der Waals surface area contributed by atoms with Gasteiger partial charge < -0.3 is 0 Å². The lowest BCUT2D eigenvalue weighted by atomic mass is 10.0. The van der Waals surface area contributed by atoms with Gasteiger partial charge in [-0.25, -0.2) is 9.90 Å². The SMILES string of the molecule is CCCCCCCc1ccc(C([O])=O)cc1. The monoisotopic (exact) mass is 219 g/mol. The van der Waals surface area contributed by atoms with Crippen molar-refractivity contribution in [3.8, 4) is 0 Å². The van der Waals surface area contributed by atoms with E-state index in [1.807, 2.05) is 12.1 Å². The molecule has 1 rings (SSSR count). The van der Waals surface area contributed by atoms with E-state index in [1.54, 1.807) is 12.1 Å². The molecule has 16 heavy (non-hydrogen) atoms. The molecule has 0 unspecified atom stereocenters. The maximum atomic E-state index is 10.5. The number of hydrogen-bond donors (Lipinski definition) is 0. The Morgan fingerprint density at radius 3 is 2.19 bits per heavy atom. The maximum Gasteiger partial charge on any atom is 0.386 e. The molecule has 0 amide bonds. The number of benzene rings is 1. The Morgan fingerprint density at radius 1 is 1.00 bits per heavy atom. The minimum Gasteiger partial charge on any atom is -0.242 e. The van der Waals surface area contributed by atoms with E-state index >= 15 is 0 Å². The smallest absolute Gasteiger partial charge is 0.242 e. The van der Waals surface area contributed by atoms with Crippen LogP contribution >= 0.6 is 0 Å². The van der Waals surface area contributed by atoms with Gasteiger partial charge in [-0.05, 0) is 30.5 Å². The zero-order chi connectivity index (χ0) is 11.8. The topological polar surface area (TPSA) is 37.0 Å². The van der Waals surface area contributed by atoms with Crippen LogP contribution in [0.5, 0.6) is 0 Å². The van der Waals surface area contributed by atoms with Crippen LogP contribution in [0.1, 0.15) is 54.9 Å². The van der Waals surface area contributed by atoms with Crippen molar-refractivity contribution in [1.29, 1.82) is 0 Å². The second-order valence-corrected chi connectivity index (χ2v) is 4.15. The van der Waals surface area contributed by atoms with Crippen molar-refractivity contribution in [1.82, 2.24) is 0 Å². The van der Waals surface area contributed by atoms with Gasteiger partial charge >= 0.3 is 5.97 Å². The fraction of sp³-hybridized carbons (Fsp3) is 0.500. The molecule has 0 aliphatic rings. The predicted octanol–water partition coefficient (Wildman–Crippen LogP) is 3.77. The number of carbonyl (C=O) groups excluding carboxylic acids is 1. The standard InChI is InChI=1S/C14H19O2/c1-2-3-4-5-6-7-12-8-10-13(11-9-12)14(15)16/h8-11H,2-7H2,1H3. The first kappa shape index (κ1) is 12.8. The molecule has 1 aromatic carbocycles. The Bertz CT molecular complexity index is 314. The van der Waals surface area contributed by atoms with Crippen molar-refractivity contribution in [2.24, 2.45) is 0 Å². The van der Waals surface area contributed by atoms with Crippen LogP contribution in [0.2, 0.25) is 0 Å². The summed E-state index contributed by atoms with van der Waals surface area (Å²) in [7, 11) is 0. The summed E-state index contributed by atoms with van der Waals surface area (Å²) in [6.07, 6.45) is 7.36. The van der Waals surface area contributed by atoms with Crippen LogP contribution in [0.15, 0.2) is 24.3 Å². The first-order valence-electron chi connectivity index (χ1n) is 6.04. The average molecular weight is 219 g/mol. The largest absolute Gasteiger partial charge is 0.386 e. The Morgan fingerprint density at radius 2 is 1.62 bits per heavy atom. The summed E-state index contributed by atoms with van der Waals surface area (Å²) in [4.78, 5) is 10.5. The molecule has 0 fully saturated rings. The third kappa shape index (κ3) is 4.47. The van der Waals surface area contributed by atoms with E-state index in [4.69, 9.17) is 0 Å². The summed E-state index contributed by atoms with van der Waals surface area (Å²) in [6, 6.07) is 7.00.